The molecule has 0 spiro atoms. The summed E-state index contributed by atoms with van der Waals surface area (Å²) < 4.78 is 6.72. The third-order valence-corrected chi connectivity index (χ3v) is 2.65. The standard InChI is InChI=1S/C11H17ClN2O2/c1-4-5-14-11(9(12)7-13-14)10(15)6-8(2)16-3/h7-8H,4-6H2,1-3H3. The number of aryl methyl sites for hydroxylation is 1. The second-order valence-corrected chi connectivity index (χ2v) is 4.15. The Balaban J connectivity index is 2.84. The summed E-state index contributed by atoms with van der Waals surface area (Å²) in [4.78, 5) is 12.0. The van der Waals surface area contributed by atoms with Gasteiger partial charge in [0.15, 0.2) is 5.78 Å². The van der Waals surface area contributed by atoms with E-state index in [-0.39, 0.29) is 11.9 Å². The van der Waals surface area contributed by atoms with Gasteiger partial charge in [0.25, 0.3) is 0 Å². The molecule has 1 heterocycles. The quantitative estimate of drug-likeness (QED) is 0.723. The lowest BCUT2D eigenvalue weighted by molar-refractivity contribution is 0.0783. The van der Waals surface area contributed by atoms with E-state index in [1.807, 2.05) is 13.8 Å². The molecule has 0 aliphatic carbocycles. The molecule has 0 bridgehead atoms. The average molecular weight is 245 g/mol. The van der Waals surface area contributed by atoms with Crippen LogP contribution >= 0.6 is 11.6 Å². The SMILES string of the molecule is CCCn1ncc(Cl)c1C(=O)CC(C)OC. The van der Waals surface area contributed by atoms with Crippen LogP contribution < -0.4 is 0 Å². The number of nitrogens with zero attached hydrogens (tertiary/aromatic N) is 2. The number of aromatic nitrogens is 2. The first-order valence-electron chi connectivity index (χ1n) is 5.37. The van der Waals surface area contributed by atoms with Crippen LogP contribution in [-0.2, 0) is 11.3 Å². The number of carbonyl (C=O) groups excluding carboxylic acids is 1. The Morgan fingerprint density at radius 3 is 2.94 bits per heavy atom. The molecule has 5 heteroatoms. The molecule has 0 N–H and O–H groups in total. The average Bonchev–Trinajstić information content (AvgIpc) is 2.60. The molecular weight excluding hydrogens is 228 g/mol. The van der Waals surface area contributed by atoms with Crippen molar-refractivity contribution in [3.63, 3.8) is 0 Å². The Morgan fingerprint density at radius 2 is 2.38 bits per heavy atom. The van der Waals surface area contributed by atoms with E-state index in [0.29, 0.717) is 23.7 Å². The summed E-state index contributed by atoms with van der Waals surface area (Å²) in [5, 5.41) is 4.50. The monoisotopic (exact) mass is 244 g/mol. The fraction of sp³-hybridized carbons (Fsp3) is 0.636. The Bertz CT molecular complexity index is 363. The number of Topliss-reactive ketones (excluding diaryl/α,β-unsaturated/α-hetero) is 1. The highest BCUT2D eigenvalue weighted by molar-refractivity contribution is 6.33. The molecule has 0 saturated carbocycles. The second kappa shape index (κ2) is 6.01. The normalized spacial score (nSPS) is 12.8. The van der Waals surface area contributed by atoms with Crippen molar-refractivity contribution < 1.29 is 9.53 Å². The Kier molecular flexibility index (Phi) is 4.96. The molecule has 90 valence electrons. The van der Waals surface area contributed by atoms with E-state index in [2.05, 4.69) is 5.10 Å². The van der Waals surface area contributed by atoms with Crippen molar-refractivity contribution >= 4 is 17.4 Å². The highest BCUT2D eigenvalue weighted by Crippen LogP contribution is 2.18. The van der Waals surface area contributed by atoms with Crippen LogP contribution in [0.25, 0.3) is 0 Å². The van der Waals surface area contributed by atoms with E-state index in [1.165, 1.54) is 6.20 Å². The number of carbonyl (C=O) groups is 1. The van der Waals surface area contributed by atoms with Gasteiger partial charge < -0.3 is 4.74 Å². The number of rotatable bonds is 6. The highest BCUT2D eigenvalue weighted by atomic mass is 35.5. The molecule has 0 aliphatic heterocycles. The van der Waals surface area contributed by atoms with Gasteiger partial charge in [-0.1, -0.05) is 18.5 Å². The molecular formula is C11H17ClN2O2. The van der Waals surface area contributed by atoms with Crippen LogP contribution in [0, 0.1) is 0 Å². The largest absolute Gasteiger partial charge is 0.381 e. The first-order chi connectivity index (χ1) is 7.60. The molecule has 0 fully saturated rings. The number of hydrogen-bond acceptors (Lipinski definition) is 3. The summed E-state index contributed by atoms with van der Waals surface area (Å²) in [6.07, 6.45) is 2.65. The van der Waals surface area contributed by atoms with Gasteiger partial charge in [0.05, 0.1) is 17.3 Å². The molecule has 0 saturated heterocycles. The van der Waals surface area contributed by atoms with Crippen LogP contribution in [0.1, 0.15) is 37.2 Å². The zero-order valence-electron chi connectivity index (χ0n) is 9.86. The number of ketones is 1. The summed E-state index contributed by atoms with van der Waals surface area (Å²) in [7, 11) is 1.59. The summed E-state index contributed by atoms with van der Waals surface area (Å²) >= 11 is 5.96. The van der Waals surface area contributed by atoms with E-state index in [1.54, 1.807) is 11.8 Å². The molecule has 1 atom stereocenters. The molecule has 0 aromatic carbocycles. The number of hydrogen-bond donors (Lipinski definition) is 0. The number of methoxy groups -OCH3 is 1. The fourth-order valence-electron chi connectivity index (χ4n) is 1.46. The zero-order valence-corrected chi connectivity index (χ0v) is 10.6. The minimum absolute atomic E-state index is 0.0229. The van der Waals surface area contributed by atoms with Gasteiger partial charge in [0, 0.05) is 20.1 Å². The molecule has 4 nitrogen and oxygen atoms in total. The van der Waals surface area contributed by atoms with Crippen molar-refractivity contribution in [2.45, 2.75) is 39.3 Å². The van der Waals surface area contributed by atoms with Crippen LogP contribution in [-0.4, -0.2) is 28.8 Å². The van der Waals surface area contributed by atoms with Crippen molar-refractivity contribution in [3.8, 4) is 0 Å². The lowest BCUT2D eigenvalue weighted by Gasteiger charge is -2.10. The smallest absolute Gasteiger partial charge is 0.184 e. The lowest BCUT2D eigenvalue weighted by atomic mass is 10.1. The summed E-state index contributed by atoms with van der Waals surface area (Å²) in [5.74, 6) is -0.0229. The van der Waals surface area contributed by atoms with E-state index >= 15 is 0 Å². The van der Waals surface area contributed by atoms with Crippen LogP contribution in [0.2, 0.25) is 5.02 Å². The maximum atomic E-state index is 12.0. The minimum atomic E-state index is -0.103. The van der Waals surface area contributed by atoms with Crippen molar-refractivity contribution in [1.82, 2.24) is 9.78 Å². The van der Waals surface area contributed by atoms with E-state index in [9.17, 15) is 4.79 Å². The van der Waals surface area contributed by atoms with E-state index in [4.69, 9.17) is 16.3 Å². The van der Waals surface area contributed by atoms with Gasteiger partial charge in [-0.15, -0.1) is 0 Å². The third-order valence-electron chi connectivity index (χ3n) is 2.37. The van der Waals surface area contributed by atoms with Gasteiger partial charge in [-0.25, -0.2) is 0 Å². The second-order valence-electron chi connectivity index (χ2n) is 3.74. The van der Waals surface area contributed by atoms with Gasteiger partial charge in [0.1, 0.15) is 5.69 Å². The molecule has 0 aliphatic rings. The summed E-state index contributed by atoms with van der Waals surface area (Å²) in [6.45, 7) is 4.59. The van der Waals surface area contributed by atoms with Crippen LogP contribution in [0.5, 0.6) is 0 Å². The first kappa shape index (κ1) is 13.2. The predicted octanol–water partition coefficient (Wildman–Crippen LogP) is 2.55. The minimum Gasteiger partial charge on any atom is -0.381 e. The topological polar surface area (TPSA) is 44.1 Å². The van der Waals surface area contributed by atoms with Crippen molar-refractivity contribution in [3.05, 3.63) is 16.9 Å². The summed E-state index contributed by atoms with van der Waals surface area (Å²) in [6, 6.07) is 0. The third kappa shape index (κ3) is 3.06. The van der Waals surface area contributed by atoms with Crippen LogP contribution in [0.15, 0.2) is 6.20 Å². The fourth-order valence-corrected chi connectivity index (χ4v) is 1.71. The van der Waals surface area contributed by atoms with E-state index < -0.39 is 0 Å². The molecule has 1 rings (SSSR count). The van der Waals surface area contributed by atoms with Gasteiger partial charge >= 0.3 is 0 Å². The molecule has 0 amide bonds. The van der Waals surface area contributed by atoms with Crippen molar-refractivity contribution in [2.24, 2.45) is 0 Å². The highest BCUT2D eigenvalue weighted by Gasteiger charge is 2.19. The predicted molar refractivity (Wildman–Crippen MR) is 62.9 cm³/mol. The Morgan fingerprint density at radius 1 is 1.69 bits per heavy atom. The maximum absolute atomic E-state index is 12.0. The maximum Gasteiger partial charge on any atom is 0.184 e. The number of halogens is 1. The van der Waals surface area contributed by atoms with Gasteiger partial charge in [0.2, 0.25) is 0 Å². The summed E-state index contributed by atoms with van der Waals surface area (Å²) in [5.41, 5.74) is 0.493. The van der Waals surface area contributed by atoms with Gasteiger partial charge in [-0.3, -0.25) is 9.48 Å². The molecule has 1 aromatic rings. The molecule has 1 unspecified atom stereocenters. The Hall–Kier alpha value is -0.870. The first-order valence-corrected chi connectivity index (χ1v) is 5.75. The van der Waals surface area contributed by atoms with Crippen molar-refractivity contribution in [2.75, 3.05) is 7.11 Å². The molecule has 0 radical (unpaired) electrons. The lowest BCUT2D eigenvalue weighted by Crippen LogP contribution is -2.17. The molecule has 1 aromatic heterocycles. The van der Waals surface area contributed by atoms with Crippen LogP contribution in [0.3, 0.4) is 0 Å². The zero-order chi connectivity index (χ0) is 12.1. The molecule has 16 heavy (non-hydrogen) atoms. The Labute approximate surface area is 101 Å². The van der Waals surface area contributed by atoms with Crippen LogP contribution in [0.4, 0.5) is 0 Å². The van der Waals surface area contributed by atoms with Crippen molar-refractivity contribution in [1.29, 1.82) is 0 Å². The van der Waals surface area contributed by atoms with Gasteiger partial charge in [-0.2, -0.15) is 5.10 Å². The van der Waals surface area contributed by atoms with E-state index in [0.717, 1.165) is 6.42 Å². The van der Waals surface area contributed by atoms with Gasteiger partial charge in [-0.05, 0) is 13.3 Å². The number of ether oxygens (including phenoxy) is 1.